The van der Waals surface area contributed by atoms with Crippen LogP contribution in [0, 0.1) is 5.92 Å². The molecule has 1 aliphatic rings. The van der Waals surface area contributed by atoms with Crippen molar-refractivity contribution in [3.8, 4) is 5.75 Å². The number of rotatable bonds is 7. The lowest BCUT2D eigenvalue weighted by Gasteiger charge is -2.37. The summed E-state index contributed by atoms with van der Waals surface area (Å²) in [6.45, 7) is 8.04. The van der Waals surface area contributed by atoms with Gasteiger partial charge in [0.1, 0.15) is 11.4 Å². The van der Waals surface area contributed by atoms with Gasteiger partial charge in [-0.05, 0) is 75.5 Å². The molecule has 4 rings (SSSR count). The third-order valence-electron chi connectivity index (χ3n) is 6.70. The second-order valence-electron chi connectivity index (χ2n) is 8.54. The van der Waals surface area contributed by atoms with Crippen LogP contribution in [-0.2, 0) is 0 Å². The van der Waals surface area contributed by atoms with Gasteiger partial charge in [-0.2, -0.15) is 0 Å². The first-order chi connectivity index (χ1) is 15.1. The van der Waals surface area contributed by atoms with E-state index in [4.69, 9.17) is 4.74 Å². The number of hydrogen-bond donors (Lipinski definition) is 1. The Morgan fingerprint density at radius 3 is 2.52 bits per heavy atom. The summed E-state index contributed by atoms with van der Waals surface area (Å²) in [5, 5.41) is 1.09. The van der Waals surface area contributed by atoms with Crippen molar-refractivity contribution in [1.29, 1.82) is 0 Å². The van der Waals surface area contributed by atoms with Crippen molar-refractivity contribution in [2.75, 3.05) is 33.3 Å². The zero-order valence-corrected chi connectivity index (χ0v) is 18.8. The van der Waals surface area contributed by atoms with Gasteiger partial charge >= 0.3 is 0 Å². The normalized spacial score (nSPS) is 16.4. The number of nitrogens with zero attached hydrogens (tertiary/aromatic N) is 2. The number of ether oxygens (including phenoxy) is 1. The number of para-hydroxylation sites is 1. The molecular formula is C26H33N3O2. The lowest BCUT2D eigenvalue weighted by Crippen LogP contribution is -2.41. The van der Waals surface area contributed by atoms with E-state index >= 15 is 0 Å². The Kier molecular flexibility index (Phi) is 6.62. The molecule has 164 valence electrons. The van der Waals surface area contributed by atoms with Gasteiger partial charge in [-0.1, -0.05) is 30.3 Å². The van der Waals surface area contributed by atoms with Crippen molar-refractivity contribution in [1.82, 2.24) is 14.8 Å². The van der Waals surface area contributed by atoms with E-state index in [0.717, 1.165) is 55.7 Å². The van der Waals surface area contributed by atoms with Crippen LogP contribution in [-0.4, -0.2) is 54.0 Å². The largest absolute Gasteiger partial charge is 0.497 e. The molecule has 0 spiro atoms. The molecule has 5 nitrogen and oxygen atoms in total. The van der Waals surface area contributed by atoms with Gasteiger partial charge in [0.2, 0.25) is 0 Å². The molecule has 5 heteroatoms. The minimum atomic E-state index is 0.104. The van der Waals surface area contributed by atoms with Crippen molar-refractivity contribution in [3.63, 3.8) is 0 Å². The first-order valence-electron chi connectivity index (χ1n) is 11.3. The summed E-state index contributed by atoms with van der Waals surface area (Å²) in [4.78, 5) is 20.9. The van der Waals surface area contributed by atoms with Crippen LogP contribution in [0.25, 0.3) is 10.9 Å². The SMILES string of the molecule is CCN(CC1CCN(C(C)c2ccc(OC)cc2)CC1)C(=O)c1cc2ccccc2[nH]1. The second kappa shape index (κ2) is 9.56. The van der Waals surface area contributed by atoms with Gasteiger partial charge in [-0.15, -0.1) is 0 Å². The smallest absolute Gasteiger partial charge is 0.270 e. The first-order valence-corrected chi connectivity index (χ1v) is 11.3. The molecule has 2 aromatic carbocycles. The van der Waals surface area contributed by atoms with Crippen molar-refractivity contribution in [2.45, 2.75) is 32.7 Å². The van der Waals surface area contributed by atoms with E-state index in [2.05, 4.69) is 35.9 Å². The minimum Gasteiger partial charge on any atom is -0.497 e. The highest BCUT2D eigenvalue weighted by Gasteiger charge is 2.26. The highest BCUT2D eigenvalue weighted by Crippen LogP contribution is 2.28. The number of carbonyl (C=O) groups excluding carboxylic acids is 1. The number of aromatic nitrogens is 1. The Labute approximate surface area is 185 Å². The second-order valence-corrected chi connectivity index (χ2v) is 8.54. The molecule has 1 amide bonds. The van der Waals surface area contributed by atoms with Gasteiger partial charge in [0.25, 0.3) is 5.91 Å². The molecule has 0 radical (unpaired) electrons. The van der Waals surface area contributed by atoms with E-state index in [9.17, 15) is 4.79 Å². The number of benzene rings is 2. The van der Waals surface area contributed by atoms with E-state index in [-0.39, 0.29) is 5.91 Å². The molecular weight excluding hydrogens is 386 g/mol. The number of likely N-dealkylation sites (tertiary alicyclic amines) is 1. The summed E-state index contributed by atoms with van der Waals surface area (Å²) in [6, 6.07) is 18.8. The van der Waals surface area contributed by atoms with Gasteiger partial charge in [-0.3, -0.25) is 9.69 Å². The molecule has 0 bridgehead atoms. The number of fused-ring (bicyclic) bond motifs is 1. The van der Waals surface area contributed by atoms with Crippen LogP contribution in [0.2, 0.25) is 0 Å². The van der Waals surface area contributed by atoms with Crippen molar-refractivity contribution in [3.05, 3.63) is 65.9 Å². The number of aromatic amines is 1. The van der Waals surface area contributed by atoms with Crippen LogP contribution in [0.4, 0.5) is 0 Å². The average Bonchev–Trinajstić information content (AvgIpc) is 3.26. The molecule has 31 heavy (non-hydrogen) atoms. The lowest BCUT2D eigenvalue weighted by atomic mass is 9.94. The fourth-order valence-electron chi connectivity index (χ4n) is 4.64. The topological polar surface area (TPSA) is 48.6 Å². The molecule has 2 heterocycles. The fourth-order valence-corrected chi connectivity index (χ4v) is 4.64. The van der Waals surface area contributed by atoms with Gasteiger partial charge in [-0.25, -0.2) is 0 Å². The molecule has 3 aromatic rings. The van der Waals surface area contributed by atoms with Gasteiger partial charge in [0, 0.05) is 30.0 Å². The van der Waals surface area contributed by atoms with Crippen molar-refractivity contribution >= 4 is 16.8 Å². The Morgan fingerprint density at radius 2 is 1.87 bits per heavy atom. The standard InChI is InChI=1S/C26H33N3O2/c1-4-28(26(30)25-17-22-7-5-6-8-24(22)27-25)18-20-13-15-29(16-14-20)19(2)21-9-11-23(31-3)12-10-21/h5-12,17,19-20,27H,4,13-16,18H2,1-3H3. The summed E-state index contributed by atoms with van der Waals surface area (Å²) >= 11 is 0. The van der Waals surface area contributed by atoms with Gasteiger partial charge < -0.3 is 14.6 Å². The van der Waals surface area contributed by atoms with Crippen molar-refractivity contribution < 1.29 is 9.53 Å². The predicted octanol–water partition coefficient (Wildman–Crippen LogP) is 5.11. The number of methoxy groups -OCH3 is 1. The number of hydrogen-bond acceptors (Lipinski definition) is 3. The number of carbonyl (C=O) groups is 1. The highest BCUT2D eigenvalue weighted by molar-refractivity contribution is 5.98. The molecule has 1 unspecified atom stereocenters. The molecule has 1 atom stereocenters. The first kappa shape index (κ1) is 21.4. The third-order valence-corrected chi connectivity index (χ3v) is 6.70. The maximum absolute atomic E-state index is 13.1. The summed E-state index contributed by atoms with van der Waals surface area (Å²) in [6.07, 6.45) is 2.24. The fraction of sp³-hybridized carbons (Fsp3) is 0.423. The number of piperidine rings is 1. The van der Waals surface area contributed by atoms with E-state index in [0.29, 0.717) is 17.7 Å². The van der Waals surface area contributed by atoms with E-state index in [1.165, 1.54) is 5.56 Å². The molecule has 0 aliphatic carbocycles. The Morgan fingerprint density at radius 1 is 1.16 bits per heavy atom. The van der Waals surface area contributed by atoms with Crippen LogP contribution >= 0.6 is 0 Å². The lowest BCUT2D eigenvalue weighted by molar-refractivity contribution is 0.0677. The van der Waals surface area contributed by atoms with Gasteiger partial charge in [0.15, 0.2) is 0 Å². The summed E-state index contributed by atoms with van der Waals surface area (Å²) in [5.41, 5.74) is 3.03. The van der Waals surface area contributed by atoms with Crippen LogP contribution in [0.5, 0.6) is 5.75 Å². The quantitative estimate of drug-likeness (QED) is 0.579. The molecule has 1 saturated heterocycles. The van der Waals surface area contributed by atoms with Crippen LogP contribution < -0.4 is 4.74 Å². The van der Waals surface area contributed by atoms with Crippen molar-refractivity contribution in [2.24, 2.45) is 5.92 Å². The van der Waals surface area contributed by atoms with Crippen LogP contribution in [0.3, 0.4) is 0 Å². The summed E-state index contributed by atoms with van der Waals surface area (Å²) in [7, 11) is 1.70. The maximum atomic E-state index is 13.1. The van der Waals surface area contributed by atoms with Crippen LogP contribution in [0.15, 0.2) is 54.6 Å². The average molecular weight is 420 g/mol. The Balaban J connectivity index is 1.33. The zero-order valence-electron chi connectivity index (χ0n) is 18.8. The maximum Gasteiger partial charge on any atom is 0.270 e. The van der Waals surface area contributed by atoms with Gasteiger partial charge in [0.05, 0.1) is 7.11 Å². The summed E-state index contributed by atoms with van der Waals surface area (Å²) in [5.74, 6) is 1.55. The molecule has 1 aliphatic heterocycles. The number of amides is 1. The molecule has 0 saturated carbocycles. The number of H-pyrrole nitrogens is 1. The monoisotopic (exact) mass is 419 g/mol. The number of nitrogens with one attached hydrogen (secondary N) is 1. The molecule has 1 N–H and O–H groups in total. The zero-order chi connectivity index (χ0) is 21.8. The van der Waals surface area contributed by atoms with E-state index in [1.54, 1.807) is 7.11 Å². The third kappa shape index (κ3) is 4.77. The Hall–Kier alpha value is -2.79. The Bertz CT molecular complexity index is 970. The molecule has 1 fully saturated rings. The van der Waals surface area contributed by atoms with E-state index < -0.39 is 0 Å². The molecule has 1 aromatic heterocycles. The van der Waals surface area contributed by atoms with Crippen LogP contribution in [0.1, 0.15) is 48.8 Å². The highest BCUT2D eigenvalue weighted by atomic mass is 16.5. The van der Waals surface area contributed by atoms with E-state index in [1.807, 2.05) is 47.4 Å². The predicted molar refractivity (Wildman–Crippen MR) is 126 cm³/mol. The summed E-state index contributed by atoms with van der Waals surface area (Å²) < 4.78 is 5.28. The minimum absolute atomic E-state index is 0.104.